The molecule has 0 spiro atoms. The van der Waals surface area contributed by atoms with E-state index in [0.29, 0.717) is 38.9 Å². The van der Waals surface area contributed by atoms with Crippen LogP contribution in [0.2, 0.25) is 15.1 Å². The van der Waals surface area contributed by atoms with Crippen molar-refractivity contribution >= 4 is 46.5 Å². The number of aromatic nitrogens is 2. The van der Waals surface area contributed by atoms with Gasteiger partial charge in [-0.1, -0.05) is 53.0 Å². The zero-order valence-electron chi connectivity index (χ0n) is 17.9. The topological polar surface area (TPSA) is 69.3 Å². The number of carbonyl (C=O) groups is 1. The van der Waals surface area contributed by atoms with Gasteiger partial charge in [-0.3, -0.25) is 9.48 Å². The van der Waals surface area contributed by atoms with E-state index in [1.807, 2.05) is 26.0 Å². The first-order valence-electron chi connectivity index (χ1n) is 10.1. The fraction of sp³-hybridized carbons (Fsp3) is 0.167. The maximum Gasteiger partial charge on any atom is 0.292 e. The van der Waals surface area contributed by atoms with Gasteiger partial charge in [0.15, 0.2) is 11.6 Å². The lowest BCUT2D eigenvalue weighted by Gasteiger charge is -2.09. The van der Waals surface area contributed by atoms with Crippen molar-refractivity contribution < 1.29 is 13.9 Å². The average Bonchev–Trinajstić information content (AvgIpc) is 3.37. The fourth-order valence-corrected chi connectivity index (χ4v) is 4.06. The summed E-state index contributed by atoms with van der Waals surface area (Å²) in [6, 6.07) is 15.9. The molecule has 2 aromatic carbocycles. The van der Waals surface area contributed by atoms with Gasteiger partial charge in [-0.05, 0) is 49.7 Å². The number of ether oxygens (including phenoxy) is 1. The van der Waals surface area contributed by atoms with Gasteiger partial charge in [-0.25, -0.2) is 0 Å². The van der Waals surface area contributed by atoms with Crippen molar-refractivity contribution in [3.05, 3.63) is 98.0 Å². The van der Waals surface area contributed by atoms with Crippen LogP contribution in [0.1, 0.15) is 33.1 Å². The third-order valence-corrected chi connectivity index (χ3v) is 6.01. The van der Waals surface area contributed by atoms with Crippen LogP contribution in [0.5, 0.6) is 5.75 Å². The van der Waals surface area contributed by atoms with Crippen molar-refractivity contribution in [1.29, 1.82) is 0 Å². The first kappa shape index (κ1) is 23.2. The smallest absolute Gasteiger partial charge is 0.292 e. The van der Waals surface area contributed by atoms with E-state index in [1.165, 1.54) is 0 Å². The van der Waals surface area contributed by atoms with Crippen LogP contribution in [-0.4, -0.2) is 15.7 Å². The summed E-state index contributed by atoms with van der Waals surface area (Å²) < 4.78 is 13.1. The minimum absolute atomic E-state index is 0.143. The monoisotopic (exact) mass is 503 g/mol. The summed E-state index contributed by atoms with van der Waals surface area (Å²) in [5.41, 5.74) is 2.51. The molecule has 2 heterocycles. The molecule has 0 aliphatic heterocycles. The number of amides is 1. The summed E-state index contributed by atoms with van der Waals surface area (Å²) in [6.45, 7) is 4.31. The van der Waals surface area contributed by atoms with Gasteiger partial charge in [-0.2, -0.15) is 5.10 Å². The van der Waals surface area contributed by atoms with Crippen LogP contribution in [0.15, 0.2) is 59.0 Å². The molecule has 0 aliphatic rings. The van der Waals surface area contributed by atoms with Gasteiger partial charge in [0.25, 0.3) is 5.91 Å². The number of hydrogen-bond donors (Lipinski definition) is 1. The van der Waals surface area contributed by atoms with Crippen LogP contribution in [0.3, 0.4) is 0 Å². The molecule has 0 radical (unpaired) electrons. The second kappa shape index (κ2) is 9.91. The Morgan fingerprint density at radius 1 is 1.03 bits per heavy atom. The fourth-order valence-electron chi connectivity index (χ4n) is 3.26. The number of aryl methyl sites for hydroxylation is 2. The van der Waals surface area contributed by atoms with Crippen LogP contribution in [0.4, 0.5) is 5.82 Å². The van der Waals surface area contributed by atoms with E-state index in [9.17, 15) is 4.79 Å². The molecule has 9 heteroatoms. The van der Waals surface area contributed by atoms with Gasteiger partial charge in [0.2, 0.25) is 0 Å². The maximum absolute atomic E-state index is 12.6. The number of para-hydroxylation sites is 1. The van der Waals surface area contributed by atoms with Crippen molar-refractivity contribution in [2.75, 3.05) is 5.32 Å². The highest BCUT2D eigenvalue weighted by atomic mass is 35.5. The quantitative estimate of drug-likeness (QED) is 0.296. The predicted octanol–water partition coefficient (Wildman–Crippen LogP) is 6.93. The van der Waals surface area contributed by atoms with Gasteiger partial charge in [0.05, 0.1) is 11.6 Å². The molecule has 0 bridgehead atoms. The van der Waals surface area contributed by atoms with Crippen LogP contribution in [0, 0.1) is 13.8 Å². The lowest BCUT2D eigenvalue weighted by atomic mass is 10.2. The third-order valence-electron chi connectivity index (χ3n) is 5.00. The minimum atomic E-state index is -0.421. The summed E-state index contributed by atoms with van der Waals surface area (Å²) in [5.74, 6) is 1.19. The number of nitrogens with one attached hydrogen (secondary N) is 1. The highest BCUT2D eigenvalue weighted by Gasteiger charge is 2.16. The zero-order valence-corrected chi connectivity index (χ0v) is 20.1. The lowest BCUT2D eigenvalue weighted by molar-refractivity contribution is 0.0992. The maximum atomic E-state index is 12.6. The van der Waals surface area contributed by atoms with Gasteiger partial charge in [0, 0.05) is 27.4 Å². The van der Waals surface area contributed by atoms with Crippen LogP contribution >= 0.6 is 34.8 Å². The molecular weight excluding hydrogens is 485 g/mol. The van der Waals surface area contributed by atoms with Crippen molar-refractivity contribution in [2.24, 2.45) is 0 Å². The summed E-state index contributed by atoms with van der Waals surface area (Å²) >= 11 is 18.7. The SMILES string of the molecule is Cc1cccc(Cl)c1OCc1ccc(C(=O)Nc2cc(C)n(Cc3c(Cl)cccc3Cl)n2)o1. The van der Waals surface area contributed by atoms with Crippen LogP contribution in [-0.2, 0) is 13.2 Å². The van der Waals surface area contributed by atoms with E-state index in [1.54, 1.807) is 47.1 Å². The molecular formula is C24H20Cl3N3O3. The first-order valence-corrected chi connectivity index (χ1v) is 11.2. The largest absolute Gasteiger partial charge is 0.484 e. The van der Waals surface area contributed by atoms with Crippen LogP contribution < -0.4 is 10.1 Å². The summed E-state index contributed by atoms with van der Waals surface area (Å²) in [7, 11) is 0. The van der Waals surface area contributed by atoms with Gasteiger partial charge < -0.3 is 14.5 Å². The molecule has 33 heavy (non-hydrogen) atoms. The van der Waals surface area contributed by atoms with Crippen molar-refractivity contribution in [2.45, 2.75) is 27.0 Å². The first-order chi connectivity index (χ1) is 15.8. The number of halogens is 3. The van der Waals surface area contributed by atoms with E-state index in [2.05, 4.69) is 10.4 Å². The third kappa shape index (κ3) is 5.36. The molecule has 0 unspecified atom stereocenters. The Labute approximate surface area is 206 Å². The molecule has 0 aliphatic carbocycles. The van der Waals surface area contributed by atoms with E-state index < -0.39 is 5.91 Å². The molecule has 0 saturated carbocycles. The molecule has 4 rings (SSSR count). The van der Waals surface area contributed by atoms with E-state index >= 15 is 0 Å². The Morgan fingerprint density at radius 2 is 1.73 bits per heavy atom. The number of furan rings is 1. The predicted molar refractivity (Wildman–Crippen MR) is 130 cm³/mol. The Hall–Kier alpha value is -2.93. The van der Waals surface area contributed by atoms with Crippen molar-refractivity contribution in [3.63, 3.8) is 0 Å². The Balaban J connectivity index is 1.41. The number of hydrogen-bond acceptors (Lipinski definition) is 4. The molecule has 1 N–H and O–H groups in total. The second-order valence-electron chi connectivity index (χ2n) is 7.42. The standard InChI is InChI=1S/C24H20Cl3N3O3/c1-14-5-3-8-20(27)23(14)32-13-16-9-10-21(33-16)24(31)28-22-11-15(2)30(29-22)12-17-18(25)6-4-7-19(17)26/h3-11H,12-13H2,1-2H3,(H,28,29,31). The van der Waals surface area contributed by atoms with Crippen molar-refractivity contribution in [3.8, 4) is 5.75 Å². The second-order valence-corrected chi connectivity index (χ2v) is 8.65. The minimum Gasteiger partial charge on any atom is -0.484 e. The molecule has 0 saturated heterocycles. The zero-order chi connectivity index (χ0) is 23.5. The van der Waals surface area contributed by atoms with E-state index in [-0.39, 0.29) is 12.4 Å². The Kier molecular flexibility index (Phi) is 6.98. The number of rotatable bonds is 7. The van der Waals surface area contributed by atoms with E-state index in [4.69, 9.17) is 44.0 Å². The molecule has 0 fully saturated rings. The van der Waals surface area contributed by atoms with Crippen LogP contribution in [0.25, 0.3) is 0 Å². The normalized spacial score (nSPS) is 10.9. The molecule has 6 nitrogen and oxygen atoms in total. The molecule has 0 atom stereocenters. The number of benzene rings is 2. The number of anilines is 1. The molecule has 2 aromatic heterocycles. The van der Waals surface area contributed by atoms with Gasteiger partial charge in [-0.15, -0.1) is 0 Å². The summed E-state index contributed by atoms with van der Waals surface area (Å²) in [5, 5.41) is 8.82. The summed E-state index contributed by atoms with van der Waals surface area (Å²) in [4.78, 5) is 12.6. The highest BCUT2D eigenvalue weighted by Crippen LogP contribution is 2.29. The number of nitrogens with zero attached hydrogens (tertiary/aromatic N) is 2. The summed E-state index contributed by atoms with van der Waals surface area (Å²) in [6.07, 6.45) is 0. The van der Waals surface area contributed by atoms with E-state index in [0.717, 1.165) is 16.8 Å². The van der Waals surface area contributed by atoms with Crippen molar-refractivity contribution in [1.82, 2.24) is 9.78 Å². The van der Waals surface area contributed by atoms with Gasteiger partial charge >= 0.3 is 0 Å². The number of carbonyl (C=O) groups excluding carboxylic acids is 1. The molecule has 4 aromatic rings. The Bertz CT molecular complexity index is 1270. The highest BCUT2D eigenvalue weighted by molar-refractivity contribution is 6.36. The van der Waals surface area contributed by atoms with Gasteiger partial charge in [0.1, 0.15) is 18.1 Å². The molecule has 1 amide bonds. The average molecular weight is 505 g/mol. The molecule has 170 valence electrons. The Morgan fingerprint density at radius 3 is 2.45 bits per heavy atom. The lowest BCUT2D eigenvalue weighted by Crippen LogP contribution is -2.12.